The quantitative estimate of drug-likeness (QED) is 0.564. The van der Waals surface area contributed by atoms with Crippen molar-refractivity contribution in [2.45, 2.75) is 24.7 Å². The maximum absolute atomic E-state index is 13.0. The molecule has 2 aromatic carbocycles. The highest BCUT2D eigenvalue weighted by Gasteiger charge is 2.32. The topological polar surface area (TPSA) is 88.8 Å². The number of sulfonamides is 1. The van der Waals surface area contributed by atoms with Gasteiger partial charge in [0.05, 0.1) is 15.1 Å². The Morgan fingerprint density at radius 1 is 1.06 bits per heavy atom. The normalized spacial score (nSPS) is 16.6. The Hall–Kier alpha value is -2.62. The molecule has 0 saturated carbocycles. The summed E-state index contributed by atoms with van der Waals surface area (Å²) in [5.41, 5.74) is 1.38. The lowest BCUT2D eigenvalue weighted by Crippen LogP contribution is -2.40. The number of thiazole rings is 1. The zero-order valence-electron chi connectivity index (χ0n) is 17.3. The van der Waals surface area contributed by atoms with Crippen LogP contribution in [0.5, 0.6) is 0 Å². The van der Waals surface area contributed by atoms with Crippen molar-refractivity contribution in [3.8, 4) is 0 Å². The van der Waals surface area contributed by atoms with E-state index < -0.39 is 10.0 Å². The van der Waals surface area contributed by atoms with Crippen molar-refractivity contribution in [1.82, 2.24) is 8.87 Å². The first-order valence-corrected chi connectivity index (χ1v) is 12.3. The zero-order chi connectivity index (χ0) is 22.2. The SMILES string of the molecule is CC(=O)c1cccc(S(=O)(=O)N2CCC(C(=O)N=c3sc4ccccc4n3C)CC2)c1. The van der Waals surface area contributed by atoms with Crippen LogP contribution in [0.3, 0.4) is 0 Å². The summed E-state index contributed by atoms with van der Waals surface area (Å²) < 4.78 is 30.3. The van der Waals surface area contributed by atoms with Crippen LogP contribution in [0.25, 0.3) is 10.2 Å². The van der Waals surface area contributed by atoms with Crippen LogP contribution in [0.4, 0.5) is 0 Å². The number of aryl methyl sites for hydroxylation is 1. The fourth-order valence-electron chi connectivity index (χ4n) is 3.74. The second kappa shape index (κ2) is 8.49. The third-order valence-corrected chi connectivity index (χ3v) is 8.61. The average Bonchev–Trinajstić information content (AvgIpc) is 3.09. The van der Waals surface area contributed by atoms with Gasteiger partial charge < -0.3 is 4.57 Å². The van der Waals surface area contributed by atoms with Gasteiger partial charge in [-0.25, -0.2) is 8.42 Å². The molecule has 0 aliphatic carbocycles. The van der Waals surface area contributed by atoms with Gasteiger partial charge in [0.15, 0.2) is 10.6 Å². The Labute approximate surface area is 184 Å². The summed E-state index contributed by atoms with van der Waals surface area (Å²) in [6.07, 6.45) is 0.838. The van der Waals surface area contributed by atoms with Gasteiger partial charge in [0, 0.05) is 31.6 Å². The number of carbonyl (C=O) groups excluding carboxylic acids is 2. The van der Waals surface area contributed by atoms with Crippen LogP contribution in [0.1, 0.15) is 30.1 Å². The standard InChI is InChI=1S/C22H23N3O4S2/c1-15(26)17-6-5-7-18(14-17)31(28,29)25-12-10-16(11-13-25)21(27)23-22-24(2)19-8-3-4-9-20(19)30-22/h3-9,14,16H,10-13H2,1-2H3. The highest BCUT2D eigenvalue weighted by Crippen LogP contribution is 2.25. The van der Waals surface area contributed by atoms with Crippen molar-refractivity contribution in [1.29, 1.82) is 0 Å². The summed E-state index contributed by atoms with van der Waals surface area (Å²) in [5.74, 6) is -0.699. The first kappa shape index (κ1) is 21.6. The molecule has 2 heterocycles. The van der Waals surface area contributed by atoms with Crippen molar-refractivity contribution >= 4 is 43.3 Å². The number of hydrogen-bond donors (Lipinski definition) is 0. The summed E-state index contributed by atoms with van der Waals surface area (Å²) in [7, 11) is -1.83. The highest BCUT2D eigenvalue weighted by molar-refractivity contribution is 7.89. The smallest absolute Gasteiger partial charge is 0.251 e. The van der Waals surface area contributed by atoms with E-state index in [1.807, 2.05) is 35.9 Å². The molecular formula is C22H23N3O4S2. The predicted octanol–water partition coefficient (Wildman–Crippen LogP) is 2.97. The van der Waals surface area contributed by atoms with Crippen LogP contribution in [0, 0.1) is 5.92 Å². The number of para-hydroxylation sites is 1. The second-order valence-electron chi connectivity index (χ2n) is 7.62. The van der Waals surface area contributed by atoms with Gasteiger partial charge in [0.2, 0.25) is 10.0 Å². The van der Waals surface area contributed by atoms with Crippen molar-refractivity contribution in [3.63, 3.8) is 0 Å². The van der Waals surface area contributed by atoms with Crippen LogP contribution in [-0.2, 0) is 21.9 Å². The first-order valence-electron chi connectivity index (χ1n) is 10.0. The fraction of sp³-hybridized carbons (Fsp3) is 0.318. The minimum absolute atomic E-state index is 0.104. The van der Waals surface area contributed by atoms with E-state index in [2.05, 4.69) is 4.99 Å². The van der Waals surface area contributed by atoms with Gasteiger partial charge in [0.25, 0.3) is 5.91 Å². The Balaban J connectivity index is 1.49. The number of benzene rings is 2. The minimum atomic E-state index is -3.71. The molecule has 1 fully saturated rings. The van der Waals surface area contributed by atoms with Crippen molar-refractivity contribution in [2.75, 3.05) is 13.1 Å². The molecule has 3 aromatic rings. The van der Waals surface area contributed by atoms with Crippen LogP contribution >= 0.6 is 11.3 Å². The van der Waals surface area contributed by atoms with Crippen molar-refractivity contribution < 1.29 is 18.0 Å². The van der Waals surface area contributed by atoms with E-state index in [-0.39, 0.29) is 35.6 Å². The van der Waals surface area contributed by atoms with Gasteiger partial charge in [-0.15, -0.1) is 0 Å². The molecule has 162 valence electrons. The summed E-state index contributed by atoms with van der Waals surface area (Å²) in [5, 5.41) is 0. The molecule has 7 nitrogen and oxygen atoms in total. The number of fused-ring (bicyclic) bond motifs is 1. The molecule has 0 radical (unpaired) electrons. The van der Waals surface area contributed by atoms with Crippen LogP contribution in [0.2, 0.25) is 0 Å². The lowest BCUT2D eigenvalue weighted by Gasteiger charge is -2.29. The largest absolute Gasteiger partial charge is 0.319 e. The molecule has 1 aliphatic rings. The molecule has 1 saturated heterocycles. The molecule has 0 spiro atoms. The molecule has 31 heavy (non-hydrogen) atoms. The van der Waals surface area contributed by atoms with E-state index in [0.29, 0.717) is 23.2 Å². The number of Topliss-reactive ketones (excluding diaryl/α,β-unsaturated/α-hetero) is 1. The minimum Gasteiger partial charge on any atom is -0.319 e. The molecule has 1 amide bonds. The van der Waals surface area contributed by atoms with Gasteiger partial charge in [0.1, 0.15) is 0 Å². The van der Waals surface area contributed by atoms with Gasteiger partial charge in [-0.1, -0.05) is 35.6 Å². The van der Waals surface area contributed by atoms with Gasteiger partial charge in [-0.3, -0.25) is 9.59 Å². The van der Waals surface area contributed by atoms with Gasteiger partial charge in [-0.2, -0.15) is 9.30 Å². The summed E-state index contributed by atoms with van der Waals surface area (Å²) in [6, 6.07) is 14.0. The van der Waals surface area contributed by atoms with Crippen LogP contribution in [-0.4, -0.2) is 42.1 Å². The average molecular weight is 458 g/mol. The number of carbonyl (C=O) groups is 2. The molecule has 0 unspecified atom stereocenters. The summed E-state index contributed by atoms with van der Waals surface area (Å²) in [4.78, 5) is 29.4. The van der Waals surface area contributed by atoms with Gasteiger partial charge >= 0.3 is 0 Å². The van der Waals surface area contributed by atoms with Crippen molar-refractivity contribution in [3.05, 3.63) is 58.9 Å². The van der Waals surface area contributed by atoms with E-state index in [4.69, 9.17) is 0 Å². The molecule has 4 rings (SSSR count). The number of rotatable bonds is 4. The summed E-state index contributed by atoms with van der Waals surface area (Å²) >= 11 is 1.46. The third-order valence-electron chi connectivity index (χ3n) is 5.60. The molecular weight excluding hydrogens is 434 g/mol. The number of amides is 1. The van der Waals surface area contributed by atoms with E-state index in [1.54, 1.807) is 12.1 Å². The molecule has 0 atom stereocenters. The monoisotopic (exact) mass is 457 g/mol. The molecule has 1 aliphatic heterocycles. The fourth-order valence-corrected chi connectivity index (χ4v) is 6.28. The lowest BCUT2D eigenvalue weighted by atomic mass is 9.98. The first-order chi connectivity index (χ1) is 14.8. The number of hydrogen-bond acceptors (Lipinski definition) is 5. The molecule has 0 N–H and O–H groups in total. The Morgan fingerprint density at radius 3 is 2.45 bits per heavy atom. The maximum atomic E-state index is 13.0. The predicted molar refractivity (Wildman–Crippen MR) is 119 cm³/mol. The van der Waals surface area contributed by atoms with Crippen molar-refractivity contribution in [2.24, 2.45) is 18.0 Å². The second-order valence-corrected chi connectivity index (χ2v) is 10.6. The Morgan fingerprint density at radius 2 is 1.77 bits per heavy atom. The number of aromatic nitrogens is 1. The third kappa shape index (κ3) is 4.26. The van der Waals surface area contributed by atoms with Crippen LogP contribution in [0.15, 0.2) is 58.4 Å². The highest BCUT2D eigenvalue weighted by atomic mass is 32.2. The maximum Gasteiger partial charge on any atom is 0.251 e. The summed E-state index contributed by atoms with van der Waals surface area (Å²) in [6.45, 7) is 1.90. The van der Waals surface area contributed by atoms with Crippen LogP contribution < -0.4 is 4.80 Å². The Bertz CT molecular complexity index is 1330. The number of piperidine rings is 1. The van der Waals surface area contributed by atoms with E-state index >= 15 is 0 Å². The molecule has 9 heteroatoms. The van der Waals surface area contributed by atoms with E-state index in [9.17, 15) is 18.0 Å². The lowest BCUT2D eigenvalue weighted by molar-refractivity contribution is -0.122. The number of nitrogens with zero attached hydrogens (tertiary/aromatic N) is 3. The Kier molecular flexibility index (Phi) is 5.92. The zero-order valence-corrected chi connectivity index (χ0v) is 18.9. The van der Waals surface area contributed by atoms with E-state index in [0.717, 1.165) is 10.2 Å². The molecule has 0 bridgehead atoms. The molecule has 1 aromatic heterocycles. The number of ketones is 1. The van der Waals surface area contributed by atoms with Gasteiger partial charge in [-0.05, 0) is 44.0 Å². The van der Waals surface area contributed by atoms with E-state index in [1.165, 1.54) is 34.7 Å².